The van der Waals surface area contributed by atoms with Gasteiger partial charge >= 0.3 is 0 Å². The number of hydrogen-bond acceptors (Lipinski definition) is 6. The smallest absolute Gasteiger partial charge is 0.187 e. The van der Waals surface area contributed by atoms with Gasteiger partial charge in [0.25, 0.3) is 0 Å². The highest BCUT2D eigenvalue weighted by Crippen LogP contribution is 2.30. The highest BCUT2D eigenvalue weighted by atomic mass is 15.3. The van der Waals surface area contributed by atoms with Gasteiger partial charge in [-0.3, -0.25) is 9.55 Å². The maximum atomic E-state index is 4.98. The Kier molecular flexibility index (Phi) is 6.35. The Bertz CT molecular complexity index is 1940. The largest absolute Gasteiger partial charge is 0.272 e. The molecule has 7 nitrogen and oxygen atoms in total. The fourth-order valence-electron chi connectivity index (χ4n) is 4.70. The van der Waals surface area contributed by atoms with Gasteiger partial charge in [0.05, 0.1) is 28.5 Å². The summed E-state index contributed by atoms with van der Waals surface area (Å²) in [6.07, 6.45) is 1.76. The minimum atomic E-state index is 0.612. The van der Waals surface area contributed by atoms with Gasteiger partial charge in [0.15, 0.2) is 11.6 Å². The molecule has 0 atom stereocenters. The fourth-order valence-corrected chi connectivity index (χ4v) is 4.70. The molecule has 0 N–H and O–H groups in total. The summed E-state index contributed by atoms with van der Waals surface area (Å²) < 4.78 is 2.00. The standard InChI is InChI=1S/C34H23N7/c1-3-12-24(13-4-1)26-17-9-21-31(36-26)33-39-40-34(41(33)25-14-5-2-6-15-25)32-22-11-20-30(38-32)29-19-10-18-28(37-29)27-16-7-8-23-35-27/h1-23H. The van der Waals surface area contributed by atoms with Crippen molar-refractivity contribution in [3.05, 3.63) is 140 Å². The lowest BCUT2D eigenvalue weighted by Crippen LogP contribution is -2.03. The van der Waals surface area contributed by atoms with Crippen LogP contribution in [-0.4, -0.2) is 34.7 Å². The van der Waals surface area contributed by atoms with Crippen LogP contribution < -0.4 is 0 Å². The Labute approximate surface area is 236 Å². The molecule has 0 saturated carbocycles. The summed E-state index contributed by atoms with van der Waals surface area (Å²) in [6.45, 7) is 0. The molecule has 5 aromatic heterocycles. The maximum absolute atomic E-state index is 4.98. The molecular formula is C34H23N7. The van der Waals surface area contributed by atoms with Crippen molar-refractivity contribution in [1.82, 2.24) is 34.7 Å². The lowest BCUT2D eigenvalue weighted by Gasteiger charge is -2.11. The average molecular weight is 530 g/mol. The normalized spacial score (nSPS) is 10.9. The molecule has 194 valence electrons. The van der Waals surface area contributed by atoms with Crippen LogP contribution in [0.2, 0.25) is 0 Å². The predicted octanol–water partition coefficient (Wildman–Crippen LogP) is 7.18. The highest BCUT2D eigenvalue weighted by Gasteiger charge is 2.20. The van der Waals surface area contributed by atoms with Gasteiger partial charge in [-0.1, -0.05) is 72.8 Å². The Morgan fingerprint density at radius 3 is 1.44 bits per heavy atom. The first-order valence-corrected chi connectivity index (χ1v) is 13.2. The maximum Gasteiger partial charge on any atom is 0.187 e. The molecule has 0 radical (unpaired) electrons. The molecule has 41 heavy (non-hydrogen) atoms. The van der Waals surface area contributed by atoms with Gasteiger partial charge in [0.1, 0.15) is 11.4 Å². The van der Waals surface area contributed by atoms with Gasteiger partial charge in [0.2, 0.25) is 0 Å². The second-order valence-corrected chi connectivity index (χ2v) is 9.32. The average Bonchev–Trinajstić information content (AvgIpc) is 3.52. The zero-order valence-electron chi connectivity index (χ0n) is 21.9. The van der Waals surface area contributed by atoms with Crippen LogP contribution >= 0.6 is 0 Å². The van der Waals surface area contributed by atoms with Crippen molar-refractivity contribution in [2.45, 2.75) is 0 Å². The molecule has 0 saturated heterocycles. The SMILES string of the molecule is c1ccc(-c2cccc(-c3nnc(-c4cccc(-c5cccc(-c6ccccn6)n5)n4)n3-c3ccccc3)n2)cc1. The molecule has 2 aromatic carbocycles. The van der Waals surface area contributed by atoms with E-state index in [1.807, 2.05) is 138 Å². The molecule has 0 aliphatic heterocycles. The van der Waals surface area contributed by atoms with Crippen molar-refractivity contribution < 1.29 is 0 Å². The summed E-state index contributed by atoms with van der Waals surface area (Å²) >= 11 is 0. The van der Waals surface area contributed by atoms with Crippen LogP contribution in [0.25, 0.3) is 62.8 Å². The molecule has 0 aliphatic carbocycles. The third-order valence-electron chi connectivity index (χ3n) is 6.64. The molecule has 0 amide bonds. The van der Waals surface area contributed by atoms with E-state index in [2.05, 4.69) is 15.2 Å². The number of rotatable bonds is 6. The molecule has 0 aliphatic rings. The zero-order valence-corrected chi connectivity index (χ0v) is 21.9. The number of pyridine rings is 4. The molecule has 7 aromatic rings. The first-order valence-electron chi connectivity index (χ1n) is 13.2. The fraction of sp³-hybridized carbons (Fsp3) is 0. The van der Waals surface area contributed by atoms with Crippen LogP contribution in [0.3, 0.4) is 0 Å². The first kappa shape index (κ1) is 24.2. The molecular weight excluding hydrogens is 506 g/mol. The van der Waals surface area contributed by atoms with Crippen LogP contribution in [0.4, 0.5) is 0 Å². The lowest BCUT2D eigenvalue weighted by atomic mass is 10.1. The van der Waals surface area contributed by atoms with E-state index in [4.69, 9.17) is 15.0 Å². The zero-order chi connectivity index (χ0) is 27.4. The van der Waals surface area contributed by atoms with E-state index in [0.29, 0.717) is 17.3 Å². The second-order valence-electron chi connectivity index (χ2n) is 9.32. The van der Waals surface area contributed by atoms with Crippen molar-refractivity contribution in [3.63, 3.8) is 0 Å². The molecule has 0 spiro atoms. The molecule has 0 bridgehead atoms. The van der Waals surface area contributed by atoms with Crippen LogP contribution in [0.1, 0.15) is 0 Å². The minimum Gasteiger partial charge on any atom is -0.272 e. The van der Waals surface area contributed by atoms with E-state index < -0.39 is 0 Å². The molecule has 7 heteroatoms. The third kappa shape index (κ3) is 4.88. The van der Waals surface area contributed by atoms with Crippen molar-refractivity contribution in [2.24, 2.45) is 0 Å². The van der Waals surface area contributed by atoms with E-state index >= 15 is 0 Å². The number of para-hydroxylation sites is 1. The van der Waals surface area contributed by atoms with Gasteiger partial charge in [-0.05, 0) is 60.7 Å². The summed E-state index contributed by atoms with van der Waals surface area (Å²) in [5.41, 5.74) is 7.29. The second kappa shape index (κ2) is 10.7. The number of hydrogen-bond donors (Lipinski definition) is 0. The van der Waals surface area contributed by atoms with Gasteiger partial charge in [0, 0.05) is 17.4 Å². The van der Waals surface area contributed by atoms with E-state index in [1.165, 1.54) is 0 Å². The van der Waals surface area contributed by atoms with Gasteiger partial charge < -0.3 is 0 Å². The lowest BCUT2D eigenvalue weighted by molar-refractivity contribution is 1.05. The molecule has 7 rings (SSSR count). The van der Waals surface area contributed by atoms with Crippen LogP contribution in [-0.2, 0) is 0 Å². The van der Waals surface area contributed by atoms with Crippen LogP contribution in [0, 0.1) is 0 Å². The molecule has 5 heterocycles. The van der Waals surface area contributed by atoms with Gasteiger partial charge in [-0.25, -0.2) is 15.0 Å². The Balaban J connectivity index is 1.34. The highest BCUT2D eigenvalue weighted by molar-refractivity contribution is 5.68. The summed E-state index contributed by atoms with van der Waals surface area (Å²) in [4.78, 5) is 19.2. The van der Waals surface area contributed by atoms with Gasteiger partial charge in [-0.2, -0.15) is 0 Å². The summed E-state index contributed by atoms with van der Waals surface area (Å²) in [7, 11) is 0. The monoisotopic (exact) mass is 529 g/mol. The number of nitrogens with zero attached hydrogens (tertiary/aromatic N) is 7. The first-order chi connectivity index (χ1) is 20.3. The quantitative estimate of drug-likeness (QED) is 0.227. The third-order valence-corrected chi connectivity index (χ3v) is 6.64. The van der Waals surface area contributed by atoms with Crippen LogP contribution in [0.5, 0.6) is 0 Å². The van der Waals surface area contributed by atoms with Crippen molar-refractivity contribution in [3.8, 4) is 62.8 Å². The van der Waals surface area contributed by atoms with E-state index in [0.717, 1.165) is 45.4 Å². The number of benzene rings is 2. The number of aromatic nitrogens is 7. The van der Waals surface area contributed by atoms with E-state index in [-0.39, 0.29) is 0 Å². The van der Waals surface area contributed by atoms with Crippen molar-refractivity contribution >= 4 is 0 Å². The van der Waals surface area contributed by atoms with Crippen molar-refractivity contribution in [1.29, 1.82) is 0 Å². The van der Waals surface area contributed by atoms with E-state index in [9.17, 15) is 0 Å². The molecule has 0 fully saturated rings. The van der Waals surface area contributed by atoms with Gasteiger partial charge in [-0.15, -0.1) is 10.2 Å². The van der Waals surface area contributed by atoms with E-state index in [1.54, 1.807) is 6.20 Å². The minimum absolute atomic E-state index is 0.612. The Morgan fingerprint density at radius 1 is 0.366 bits per heavy atom. The van der Waals surface area contributed by atoms with Crippen LogP contribution in [0.15, 0.2) is 140 Å². The van der Waals surface area contributed by atoms with Crippen molar-refractivity contribution in [2.75, 3.05) is 0 Å². The Morgan fingerprint density at radius 2 is 0.829 bits per heavy atom. The Hall–Kier alpha value is -5.82. The summed E-state index contributed by atoms with van der Waals surface area (Å²) in [6, 6.07) is 43.6. The predicted molar refractivity (Wildman–Crippen MR) is 160 cm³/mol. The summed E-state index contributed by atoms with van der Waals surface area (Å²) in [5.74, 6) is 1.24. The topological polar surface area (TPSA) is 82.3 Å². The molecule has 0 unspecified atom stereocenters. The summed E-state index contributed by atoms with van der Waals surface area (Å²) in [5, 5.41) is 9.24.